The van der Waals surface area contributed by atoms with Crippen molar-refractivity contribution in [1.82, 2.24) is 9.97 Å². The minimum Gasteiger partial charge on any atom is -0.238 e. The fraction of sp³-hybridized carbons (Fsp3) is 0.182. The summed E-state index contributed by atoms with van der Waals surface area (Å²) in [7, 11) is 0. The van der Waals surface area contributed by atoms with Crippen LogP contribution in [0, 0.1) is 27.7 Å². The van der Waals surface area contributed by atoms with Gasteiger partial charge < -0.3 is 0 Å². The molecule has 0 N–H and O–H groups in total. The van der Waals surface area contributed by atoms with Crippen LogP contribution in [0.4, 0.5) is 0 Å². The predicted octanol–water partition coefficient (Wildman–Crippen LogP) is 5.68. The Kier molecular flexibility index (Phi) is 3.34. The maximum Gasteiger partial charge on any atom is 0.126 e. The van der Waals surface area contributed by atoms with Gasteiger partial charge in [0, 0.05) is 11.1 Å². The zero-order valence-electron chi connectivity index (χ0n) is 14.5. The fourth-order valence-corrected chi connectivity index (χ4v) is 3.46. The Balaban J connectivity index is 2.18. The number of hydrogen-bond donors (Lipinski definition) is 0. The Bertz CT molecular complexity index is 1080. The molecule has 0 saturated carbocycles. The topological polar surface area (TPSA) is 25.8 Å². The SMILES string of the molecule is Cc1ccc(-c2cc3nc(C)nc(C)c3c3ccc(C)cc23)cc1. The molecule has 24 heavy (non-hydrogen) atoms. The molecule has 2 heteroatoms. The molecule has 0 amide bonds. The van der Waals surface area contributed by atoms with Crippen molar-refractivity contribution in [3.8, 4) is 11.1 Å². The number of hydrogen-bond acceptors (Lipinski definition) is 2. The van der Waals surface area contributed by atoms with Gasteiger partial charge in [-0.25, -0.2) is 9.97 Å². The van der Waals surface area contributed by atoms with E-state index in [1.54, 1.807) is 0 Å². The van der Waals surface area contributed by atoms with Crippen LogP contribution in [0.25, 0.3) is 32.8 Å². The Morgan fingerprint density at radius 1 is 0.667 bits per heavy atom. The minimum atomic E-state index is 0.821. The molecule has 0 unspecified atom stereocenters. The first-order chi connectivity index (χ1) is 11.5. The highest BCUT2D eigenvalue weighted by Crippen LogP contribution is 2.35. The van der Waals surface area contributed by atoms with Crippen molar-refractivity contribution in [3.05, 3.63) is 71.2 Å². The second kappa shape index (κ2) is 5.41. The van der Waals surface area contributed by atoms with Crippen LogP contribution in [0.3, 0.4) is 0 Å². The van der Waals surface area contributed by atoms with E-state index in [1.165, 1.54) is 33.0 Å². The van der Waals surface area contributed by atoms with Crippen molar-refractivity contribution in [3.63, 3.8) is 0 Å². The van der Waals surface area contributed by atoms with Gasteiger partial charge in [-0.1, -0.05) is 53.6 Å². The number of aromatic nitrogens is 2. The van der Waals surface area contributed by atoms with Crippen molar-refractivity contribution in [2.45, 2.75) is 27.7 Å². The van der Waals surface area contributed by atoms with Gasteiger partial charge in [-0.3, -0.25) is 0 Å². The van der Waals surface area contributed by atoms with Crippen molar-refractivity contribution in [2.24, 2.45) is 0 Å². The average molecular weight is 312 g/mol. The summed E-state index contributed by atoms with van der Waals surface area (Å²) >= 11 is 0. The van der Waals surface area contributed by atoms with Crippen LogP contribution < -0.4 is 0 Å². The lowest BCUT2D eigenvalue weighted by molar-refractivity contribution is 1.05. The maximum absolute atomic E-state index is 4.70. The lowest BCUT2D eigenvalue weighted by atomic mass is 9.93. The van der Waals surface area contributed by atoms with Crippen LogP contribution >= 0.6 is 0 Å². The normalized spacial score (nSPS) is 11.3. The van der Waals surface area contributed by atoms with Gasteiger partial charge in [0.25, 0.3) is 0 Å². The molecule has 4 rings (SSSR count). The van der Waals surface area contributed by atoms with E-state index in [9.17, 15) is 0 Å². The Hall–Kier alpha value is -2.74. The number of nitrogens with zero attached hydrogens (tertiary/aromatic N) is 2. The van der Waals surface area contributed by atoms with Crippen molar-refractivity contribution in [1.29, 1.82) is 0 Å². The van der Waals surface area contributed by atoms with Crippen LogP contribution in [0.1, 0.15) is 22.6 Å². The lowest BCUT2D eigenvalue weighted by Gasteiger charge is -2.13. The number of aryl methyl sites for hydroxylation is 4. The molecule has 0 radical (unpaired) electrons. The molecule has 0 atom stereocenters. The summed E-state index contributed by atoms with van der Waals surface area (Å²) in [5, 5.41) is 3.65. The number of rotatable bonds is 1. The summed E-state index contributed by atoms with van der Waals surface area (Å²) < 4.78 is 0. The molecule has 0 saturated heterocycles. The monoisotopic (exact) mass is 312 g/mol. The quantitative estimate of drug-likeness (QED) is 0.422. The Morgan fingerprint density at radius 2 is 1.38 bits per heavy atom. The molecule has 0 aliphatic rings. The second-order valence-electron chi connectivity index (χ2n) is 6.59. The highest BCUT2D eigenvalue weighted by Gasteiger charge is 2.12. The van der Waals surface area contributed by atoms with Gasteiger partial charge in [0.15, 0.2) is 0 Å². The van der Waals surface area contributed by atoms with Crippen molar-refractivity contribution in [2.75, 3.05) is 0 Å². The number of fused-ring (bicyclic) bond motifs is 3. The summed E-state index contributed by atoms with van der Waals surface area (Å²) in [6.07, 6.45) is 0. The van der Waals surface area contributed by atoms with Crippen LogP contribution in [-0.2, 0) is 0 Å². The molecule has 0 aliphatic heterocycles. The molecule has 3 aromatic carbocycles. The highest BCUT2D eigenvalue weighted by molar-refractivity contribution is 6.13. The Morgan fingerprint density at radius 3 is 2.12 bits per heavy atom. The molecular formula is C22H20N2. The first-order valence-corrected chi connectivity index (χ1v) is 8.28. The van der Waals surface area contributed by atoms with E-state index in [0.717, 1.165) is 22.4 Å². The largest absolute Gasteiger partial charge is 0.238 e. The van der Waals surface area contributed by atoms with E-state index in [4.69, 9.17) is 4.98 Å². The van der Waals surface area contributed by atoms with E-state index in [-0.39, 0.29) is 0 Å². The van der Waals surface area contributed by atoms with Gasteiger partial charge in [-0.2, -0.15) is 0 Å². The second-order valence-corrected chi connectivity index (χ2v) is 6.59. The zero-order chi connectivity index (χ0) is 16.8. The number of benzene rings is 3. The molecular weight excluding hydrogens is 292 g/mol. The molecule has 0 bridgehead atoms. The van der Waals surface area contributed by atoms with Gasteiger partial charge in [0.2, 0.25) is 0 Å². The van der Waals surface area contributed by atoms with Crippen LogP contribution in [0.5, 0.6) is 0 Å². The van der Waals surface area contributed by atoms with Crippen molar-refractivity contribution < 1.29 is 0 Å². The van der Waals surface area contributed by atoms with Crippen molar-refractivity contribution >= 4 is 21.7 Å². The summed E-state index contributed by atoms with van der Waals surface area (Å²) in [5.74, 6) is 0.821. The summed E-state index contributed by atoms with van der Waals surface area (Å²) in [5.41, 5.74) is 7.06. The average Bonchev–Trinajstić information content (AvgIpc) is 2.54. The lowest BCUT2D eigenvalue weighted by Crippen LogP contribution is -1.95. The fourth-order valence-electron chi connectivity index (χ4n) is 3.46. The van der Waals surface area contributed by atoms with Gasteiger partial charge in [0.05, 0.1) is 5.52 Å². The minimum absolute atomic E-state index is 0.821. The third-order valence-corrected chi connectivity index (χ3v) is 4.61. The molecule has 0 aliphatic carbocycles. The van der Waals surface area contributed by atoms with E-state index in [0.29, 0.717) is 0 Å². The van der Waals surface area contributed by atoms with Gasteiger partial charge >= 0.3 is 0 Å². The molecule has 4 aromatic rings. The third kappa shape index (κ3) is 2.35. The van der Waals surface area contributed by atoms with Crippen LogP contribution in [-0.4, -0.2) is 9.97 Å². The maximum atomic E-state index is 4.70. The van der Waals surface area contributed by atoms with Crippen LogP contribution in [0.15, 0.2) is 48.5 Å². The molecule has 118 valence electrons. The van der Waals surface area contributed by atoms with Gasteiger partial charge in [0.1, 0.15) is 5.82 Å². The summed E-state index contributed by atoms with van der Waals surface area (Å²) in [4.78, 5) is 9.28. The van der Waals surface area contributed by atoms with E-state index in [2.05, 4.69) is 74.3 Å². The molecule has 0 fully saturated rings. The smallest absolute Gasteiger partial charge is 0.126 e. The summed E-state index contributed by atoms with van der Waals surface area (Å²) in [6.45, 7) is 8.28. The standard InChI is InChI=1S/C22H20N2/c1-13-5-8-17(9-6-13)19-12-21-22(15(3)23-16(4)24-21)18-10-7-14(2)11-20(18)19/h5-12H,1-4H3. The molecule has 2 nitrogen and oxygen atoms in total. The predicted molar refractivity (Wildman–Crippen MR) is 101 cm³/mol. The van der Waals surface area contributed by atoms with E-state index in [1.807, 2.05) is 6.92 Å². The molecule has 0 spiro atoms. The van der Waals surface area contributed by atoms with Crippen LogP contribution in [0.2, 0.25) is 0 Å². The highest BCUT2D eigenvalue weighted by atomic mass is 14.9. The van der Waals surface area contributed by atoms with Gasteiger partial charge in [-0.05, 0) is 55.7 Å². The van der Waals surface area contributed by atoms with E-state index < -0.39 is 0 Å². The van der Waals surface area contributed by atoms with Gasteiger partial charge in [-0.15, -0.1) is 0 Å². The van der Waals surface area contributed by atoms with E-state index >= 15 is 0 Å². The molecule has 1 heterocycles. The Labute approximate surface area is 142 Å². The molecule has 1 aromatic heterocycles. The third-order valence-electron chi connectivity index (χ3n) is 4.61. The first-order valence-electron chi connectivity index (χ1n) is 8.28. The first kappa shape index (κ1) is 14.8. The zero-order valence-corrected chi connectivity index (χ0v) is 14.5. The summed E-state index contributed by atoms with van der Waals surface area (Å²) in [6, 6.07) is 17.6.